The first-order chi connectivity index (χ1) is 16.1. The zero-order valence-electron chi connectivity index (χ0n) is 18.8. The Morgan fingerprint density at radius 3 is 2.56 bits per heavy atom. The van der Waals surface area contributed by atoms with Crippen LogP contribution in [0.5, 0.6) is 5.75 Å². The van der Waals surface area contributed by atoms with Crippen LogP contribution >= 0.6 is 11.6 Å². The lowest BCUT2D eigenvalue weighted by atomic mass is 9.93. The minimum absolute atomic E-state index is 0.0208. The number of methoxy groups -OCH3 is 1. The molecule has 0 aliphatic carbocycles. The fraction of sp³-hybridized carbons (Fsp3) is 0.333. The molecule has 0 unspecified atom stereocenters. The quantitative estimate of drug-likeness (QED) is 0.571. The van der Waals surface area contributed by atoms with Crippen molar-refractivity contribution in [2.75, 3.05) is 20.2 Å². The Morgan fingerprint density at radius 1 is 1.26 bits per heavy atom. The number of nitrogens with one attached hydrogen (secondary N) is 1. The number of carbonyl (C=O) groups is 1. The highest BCUT2D eigenvalue weighted by Gasteiger charge is 2.44. The van der Waals surface area contributed by atoms with Crippen LogP contribution in [0.1, 0.15) is 19.8 Å². The third kappa shape index (κ3) is 5.41. The first-order valence-corrected chi connectivity index (χ1v) is 12.4. The van der Waals surface area contributed by atoms with Gasteiger partial charge in [0.2, 0.25) is 10.0 Å². The van der Waals surface area contributed by atoms with Gasteiger partial charge in [0.15, 0.2) is 5.67 Å². The minimum Gasteiger partial charge on any atom is -0.497 e. The van der Waals surface area contributed by atoms with Crippen LogP contribution in [0.15, 0.2) is 59.5 Å². The Hall–Kier alpha value is -2.93. The number of sulfonamides is 1. The summed E-state index contributed by atoms with van der Waals surface area (Å²) in [6.45, 7) is 1.29. The highest BCUT2D eigenvalue weighted by Crippen LogP contribution is 2.38. The second-order valence-corrected chi connectivity index (χ2v) is 10.3. The van der Waals surface area contributed by atoms with Crippen LogP contribution in [0.2, 0.25) is 5.02 Å². The molecule has 1 aliphatic heterocycles. The molecular weight excluding hydrogens is 481 g/mol. The lowest BCUT2D eigenvalue weighted by Gasteiger charge is -2.35. The number of hydrogen-bond acceptors (Lipinski definition) is 5. The predicted molar refractivity (Wildman–Crippen MR) is 128 cm³/mol. The number of rotatable bonds is 7. The molecular formula is C24H25ClFN3O4S. The van der Waals surface area contributed by atoms with Gasteiger partial charge in [0.1, 0.15) is 5.75 Å². The van der Waals surface area contributed by atoms with Crippen molar-refractivity contribution in [2.24, 2.45) is 0 Å². The molecule has 34 heavy (non-hydrogen) atoms. The van der Waals surface area contributed by atoms with E-state index in [9.17, 15) is 13.2 Å². The summed E-state index contributed by atoms with van der Waals surface area (Å²) in [4.78, 5) is 12.5. The topological polar surface area (TPSA) is 99.5 Å². The number of nitriles is 1. The van der Waals surface area contributed by atoms with Crippen molar-refractivity contribution in [1.29, 1.82) is 5.26 Å². The number of allylic oxidation sites excluding steroid dienone is 1. The molecule has 1 heterocycles. The first kappa shape index (κ1) is 25.7. The number of amides is 1. The number of alkyl halides is 1. The van der Waals surface area contributed by atoms with Crippen LogP contribution < -0.4 is 10.1 Å². The first-order valence-electron chi connectivity index (χ1n) is 10.6. The maximum Gasteiger partial charge on any atom is 0.258 e. The molecule has 1 N–H and O–H groups in total. The normalized spacial score (nSPS) is 17.1. The van der Waals surface area contributed by atoms with E-state index in [4.69, 9.17) is 21.6 Å². The number of nitrogens with zero attached hydrogens (tertiary/aromatic N) is 2. The summed E-state index contributed by atoms with van der Waals surface area (Å²) in [6.07, 6.45) is 2.08. The molecule has 1 atom stereocenters. The van der Waals surface area contributed by atoms with E-state index in [0.717, 1.165) is 0 Å². The van der Waals surface area contributed by atoms with E-state index in [1.165, 1.54) is 29.6 Å². The number of ether oxygens (including phenoxy) is 1. The zero-order chi connectivity index (χ0) is 24.9. The monoisotopic (exact) mass is 505 g/mol. The number of piperidine rings is 1. The van der Waals surface area contributed by atoms with Gasteiger partial charge in [-0.1, -0.05) is 35.9 Å². The van der Waals surface area contributed by atoms with Crippen molar-refractivity contribution >= 4 is 27.5 Å². The van der Waals surface area contributed by atoms with Gasteiger partial charge in [0.25, 0.3) is 5.91 Å². The summed E-state index contributed by atoms with van der Waals surface area (Å²) in [5.74, 6) is -0.354. The number of halogens is 2. The fourth-order valence-corrected chi connectivity index (χ4v) is 5.64. The Morgan fingerprint density at radius 2 is 1.94 bits per heavy atom. The smallest absolute Gasteiger partial charge is 0.258 e. The molecule has 180 valence electrons. The van der Waals surface area contributed by atoms with Crippen molar-refractivity contribution in [3.63, 3.8) is 0 Å². The average molecular weight is 506 g/mol. The van der Waals surface area contributed by atoms with Gasteiger partial charge in [-0.2, -0.15) is 9.57 Å². The van der Waals surface area contributed by atoms with Gasteiger partial charge in [0, 0.05) is 54.2 Å². The molecule has 0 spiro atoms. The van der Waals surface area contributed by atoms with Crippen molar-refractivity contribution in [3.05, 3.63) is 59.6 Å². The van der Waals surface area contributed by atoms with Crippen molar-refractivity contribution < 1.29 is 22.3 Å². The number of carbonyl (C=O) groups excluding carboxylic acids is 1. The lowest BCUT2D eigenvalue weighted by molar-refractivity contribution is -0.135. The summed E-state index contributed by atoms with van der Waals surface area (Å²) in [7, 11) is -2.54. The van der Waals surface area contributed by atoms with Crippen molar-refractivity contribution in [1.82, 2.24) is 9.62 Å². The third-order valence-electron chi connectivity index (χ3n) is 5.71. The van der Waals surface area contributed by atoms with Gasteiger partial charge in [-0.3, -0.25) is 4.79 Å². The van der Waals surface area contributed by atoms with Gasteiger partial charge >= 0.3 is 0 Å². The second kappa shape index (κ2) is 10.6. The van der Waals surface area contributed by atoms with Gasteiger partial charge < -0.3 is 10.1 Å². The van der Waals surface area contributed by atoms with E-state index in [2.05, 4.69) is 5.32 Å². The number of benzene rings is 2. The van der Waals surface area contributed by atoms with Crippen LogP contribution in [-0.4, -0.2) is 50.5 Å². The molecule has 2 aromatic carbocycles. The van der Waals surface area contributed by atoms with Crippen molar-refractivity contribution in [3.8, 4) is 22.9 Å². The molecule has 0 radical (unpaired) electrons. The molecule has 1 saturated heterocycles. The van der Waals surface area contributed by atoms with E-state index in [1.807, 2.05) is 6.07 Å². The summed E-state index contributed by atoms with van der Waals surface area (Å²) < 4.78 is 48.9. The molecule has 3 rings (SSSR count). The molecule has 7 nitrogen and oxygen atoms in total. The van der Waals surface area contributed by atoms with Crippen LogP contribution in [0.25, 0.3) is 11.1 Å². The molecule has 0 saturated carbocycles. The summed E-state index contributed by atoms with van der Waals surface area (Å²) >= 11 is 6.34. The van der Waals surface area contributed by atoms with Crippen LogP contribution in [0.3, 0.4) is 0 Å². The van der Waals surface area contributed by atoms with E-state index < -0.39 is 27.6 Å². The average Bonchev–Trinajstić information content (AvgIpc) is 2.82. The van der Waals surface area contributed by atoms with Gasteiger partial charge in [0.05, 0.1) is 18.1 Å². The van der Waals surface area contributed by atoms with Gasteiger partial charge in [-0.15, -0.1) is 0 Å². The molecule has 2 aromatic rings. The second-order valence-electron chi connectivity index (χ2n) is 7.96. The Bertz CT molecular complexity index is 1240. The molecule has 0 aromatic heterocycles. The van der Waals surface area contributed by atoms with E-state index in [0.29, 0.717) is 21.9 Å². The summed E-state index contributed by atoms with van der Waals surface area (Å²) in [5, 5.41) is 11.5. The molecule has 1 aliphatic rings. The highest BCUT2D eigenvalue weighted by atomic mass is 35.5. The Balaban J connectivity index is 1.85. The fourth-order valence-electron chi connectivity index (χ4n) is 3.77. The SMILES string of the molecule is COc1ccc(S(=O)(=O)N2CCC(F)(C(=O)N[C@H](C)/C=C/C#N)CC2)c(-c2ccccc2Cl)c1. The maximum atomic E-state index is 15.4. The highest BCUT2D eigenvalue weighted by molar-refractivity contribution is 7.89. The van der Waals surface area contributed by atoms with Crippen LogP contribution in [0, 0.1) is 11.3 Å². The largest absolute Gasteiger partial charge is 0.497 e. The Labute approximate surface area is 203 Å². The van der Waals surface area contributed by atoms with Crippen LogP contribution in [0.4, 0.5) is 4.39 Å². The van der Waals surface area contributed by atoms with E-state index >= 15 is 4.39 Å². The molecule has 0 bridgehead atoms. The molecule has 10 heteroatoms. The summed E-state index contributed by atoms with van der Waals surface area (Å²) in [5.41, 5.74) is -1.30. The molecule has 1 amide bonds. The lowest BCUT2D eigenvalue weighted by Crippen LogP contribution is -2.53. The third-order valence-corrected chi connectivity index (χ3v) is 8.00. The van der Waals surface area contributed by atoms with E-state index in [-0.39, 0.29) is 30.8 Å². The molecule has 1 fully saturated rings. The van der Waals surface area contributed by atoms with E-state index in [1.54, 1.807) is 43.3 Å². The zero-order valence-corrected chi connectivity index (χ0v) is 20.4. The maximum absolute atomic E-state index is 15.4. The predicted octanol–water partition coefficient (Wildman–Crippen LogP) is 4.09. The van der Waals surface area contributed by atoms with Crippen molar-refractivity contribution in [2.45, 2.75) is 36.4 Å². The van der Waals surface area contributed by atoms with Crippen LogP contribution in [-0.2, 0) is 14.8 Å². The van der Waals surface area contributed by atoms with Gasteiger partial charge in [-0.05, 0) is 31.2 Å². The minimum atomic E-state index is -4.02. The summed E-state index contributed by atoms with van der Waals surface area (Å²) in [6, 6.07) is 12.7. The Kier molecular flexibility index (Phi) is 7.97. The number of hydrogen-bond donors (Lipinski definition) is 1. The standard InChI is InChI=1S/C24H25ClFN3O4S/c1-17(6-5-13-27)28-23(30)24(26)11-14-29(15-12-24)34(31,32)22-10-9-18(33-2)16-20(22)19-7-3-4-8-21(19)25/h3-10,16-17H,11-12,14-15H2,1-2H3,(H,28,30)/b6-5+/t17-/m1/s1. The van der Waals surface area contributed by atoms with Gasteiger partial charge in [-0.25, -0.2) is 12.8 Å².